The predicted octanol–water partition coefficient (Wildman–Crippen LogP) is 5.57. The second-order valence-corrected chi connectivity index (χ2v) is 9.18. The first-order chi connectivity index (χ1) is 12.8. The molecule has 0 spiro atoms. The van der Waals surface area contributed by atoms with E-state index in [-0.39, 0.29) is 11.4 Å². The Morgan fingerprint density at radius 3 is 2.41 bits per heavy atom. The molecule has 140 valence electrons. The van der Waals surface area contributed by atoms with Crippen LogP contribution in [0.25, 0.3) is 6.08 Å². The van der Waals surface area contributed by atoms with E-state index in [2.05, 4.69) is 31.2 Å². The molecule has 3 rings (SSSR count). The van der Waals surface area contributed by atoms with Gasteiger partial charge in [-0.2, -0.15) is 0 Å². The van der Waals surface area contributed by atoms with Gasteiger partial charge in [0, 0.05) is 11.1 Å². The number of aryl methyl sites for hydroxylation is 1. The van der Waals surface area contributed by atoms with Crippen LogP contribution in [0, 0.1) is 6.92 Å². The molecule has 1 heterocycles. The maximum atomic E-state index is 12.8. The first kappa shape index (κ1) is 19.6. The van der Waals surface area contributed by atoms with Gasteiger partial charge in [-0.25, -0.2) is 0 Å². The Morgan fingerprint density at radius 1 is 1.11 bits per heavy atom. The fourth-order valence-corrected chi connectivity index (χ4v) is 4.39. The molecule has 0 aromatic heterocycles. The van der Waals surface area contributed by atoms with Crippen LogP contribution in [0.4, 0.5) is 0 Å². The molecule has 0 atom stereocenters. The highest BCUT2D eigenvalue weighted by atomic mass is 32.2. The number of rotatable bonds is 4. The van der Waals surface area contributed by atoms with Crippen molar-refractivity contribution < 1.29 is 9.53 Å². The van der Waals surface area contributed by atoms with E-state index in [1.54, 1.807) is 4.90 Å². The zero-order valence-corrected chi connectivity index (χ0v) is 17.6. The summed E-state index contributed by atoms with van der Waals surface area (Å²) >= 11 is 6.75. The Kier molecular flexibility index (Phi) is 5.72. The summed E-state index contributed by atoms with van der Waals surface area (Å²) < 4.78 is 6.61. The third kappa shape index (κ3) is 4.60. The van der Waals surface area contributed by atoms with Gasteiger partial charge in [-0.15, -0.1) is 0 Å². The van der Waals surface area contributed by atoms with Gasteiger partial charge in [0.15, 0.2) is 0 Å². The van der Waals surface area contributed by atoms with E-state index in [1.165, 1.54) is 17.3 Å². The lowest BCUT2D eigenvalue weighted by Crippen LogP contribution is -2.44. The molecule has 3 nitrogen and oxygen atoms in total. The molecule has 1 aliphatic heterocycles. The molecule has 1 amide bonds. The van der Waals surface area contributed by atoms with Crippen LogP contribution < -0.4 is 4.74 Å². The average molecular weight is 398 g/mol. The first-order valence-corrected chi connectivity index (χ1v) is 10.0. The van der Waals surface area contributed by atoms with E-state index in [4.69, 9.17) is 17.0 Å². The van der Waals surface area contributed by atoms with Gasteiger partial charge in [0.05, 0.1) is 4.91 Å². The van der Waals surface area contributed by atoms with Crippen LogP contribution in [-0.2, 0) is 11.4 Å². The number of carbonyl (C=O) groups is 1. The van der Waals surface area contributed by atoms with Crippen LogP contribution >= 0.6 is 24.0 Å². The summed E-state index contributed by atoms with van der Waals surface area (Å²) in [4.78, 5) is 15.1. The maximum absolute atomic E-state index is 12.8. The molecule has 2 aromatic rings. The molecule has 0 unspecified atom stereocenters. The Hall–Kier alpha value is -2.11. The van der Waals surface area contributed by atoms with Crippen molar-refractivity contribution in [3.63, 3.8) is 0 Å². The Balaban J connectivity index is 1.82. The fourth-order valence-electron chi connectivity index (χ4n) is 2.76. The SMILES string of the molecule is Cc1ccc(COc2ccccc2C=C2SC(=S)N(C(C)(C)C)C2=O)cc1. The molecule has 1 saturated heterocycles. The number of para-hydroxylation sites is 1. The summed E-state index contributed by atoms with van der Waals surface area (Å²) in [5, 5.41) is 0. The summed E-state index contributed by atoms with van der Waals surface area (Å²) in [6.45, 7) is 8.50. The molecule has 1 fully saturated rings. The quantitative estimate of drug-likeness (QED) is 0.498. The number of amides is 1. The largest absolute Gasteiger partial charge is 0.488 e. The lowest BCUT2D eigenvalue weighted by molar-refractivity contribution is -0.125. The third-order valence-electron chi connectivity index (χ3n) is 4.19. The molecule has 2 aromatic carbocycles. The number of hydrogen-bond donors (Lipinski definition) is 0. The molecule has 0 bridgehead atoms. The van der Waals surface area contributed by atoms with Gasteiger partial charge < -0.3 is 4.74 Å². The number of thiocarbonyl (C=S) groups is 1. The van der Waals surface area contributed by atoms with Crippen LogP contribution in [0.3, 0.4) is 0 Å². The summed E-state index contributed by atoms with van der Waals surface area (Å²) in [5.41, 5.74) is 2.87. The molecule has 0 saturated carbocycles. The van der Waals surface area contributed by atoms with Gasteiger partial charge >= 0.3 is 0 Å². The van der Waals surface area contributed by atoms with Crippen molar-refractivity contribution in [1.29, 1.82) is 0 Å². The molecular weight excluding hydrogens is 374 g/mol. The molecule has 27 heavy (non-hydrogen) atoms. The second kappa shape index (κ2) is 7.87. The van der Waals surface area contributed by atoms with Crippen molar-refractivity contribution in [3.05, 3.63) is 70.1 Å². The number of hydrogen-bond acceptors (Lipinski definition) is 4. The molecule has 1 aliphatic rings. The summed E-state index contributed by atoms with van der Waals surface area (Å²) in [6.07, 6.45) is 1.87. The standard InChI is InChI=1S/C22H23NO2S2/c1-15-9-11-16(12-10-15)14-25-18-8-6-5-7-17(18)13-19-20(24)23(21(26)27-19)22(2,3)4/h5-13H,14H2,1-4H3. The molecule has 0 N–H and O–H groups in total. The van der Waals surface area contributed by atoms with Gasteiger partial charge in [0.2, 0.25) is 0 Å². The van der Waals surface area contributed by atoms with E-state index in [0.29, 0.717) is 15.8 Å². The Bertz CT molecular complexity index is 895. The lowest BCUT2D eigenvalue weighted by Gasteiger charge is -2.30. The second-order valence-electron chi connectivity index (χ2n) is 7.50. The highest BCUT2D eigenvalue weighted by molar-refractivity contribution is 8.26. The van der Waals surface area contributed by atoms with Crippen molar-refractivity contribution >= 4 is 40.3 Å². The number of thioether (sulfide) groups is 1. The van der Waals surface area contributed by atoms with Gasteiger partial charge in [0.1, 0.15) is 16.7 Å². The zero-order chi connectivity index (χ0) is 19.6. The fraction of sp³-hybridized carbons (Fsp3) is 0.273. The van der Waals surface area contributed by atoms with Crippen molar-refractivity contribution in [2.45, 2.75) is 39.8 Å². The van der Waals surface area contributed by atoms with E-state index in [0.717, 1.165) is 16.9 Å². The van der Waals surface area contributed by atoms with Crippen LogP contribution in [0.15, 0.2) is 53.4 Å². The van der Waals surface area contributed by atoms with Gasteiger partial charge in [-0.1, -0.05) is 72.0 Å². The van der Waals surface area contributed by atoms with Crippen molar-refractivity contribution in [1.82, 2.24) is 4.90 Å². The minimum atomic E-state index is -0.335. The highest BCUT2D eigenvalue weighted by Crippen LogP contribution is 2.37. The van der Waals surface area contributed by atoms with Gasteiger partial charge in [-0.3, -0.25) is 9.69 Å². The van der Waals surface area contributed by atoms with Crippen LogP contribution in [0.1, 0.15) is 37.5 Å². The average Bonchev–Trinajstić information content (AvgIpc) is 2.89. The van der Waals surface area contributed by atoms with Crippen LogP contribution in [0.2, 0.25) is 0 Å². The Labute approximate surface area is 170 Å². The number of nitrogens with zero attached hydrogens (tertiary/aromatic N) is 1. The van der Waals surface area contributed by atoms with Crippen molar-refractivity contribution in [2.75, 3.05) is 0 Å². The minimum absolute atomic E-state index is 0.0502. The maximum Gasteiger partial charge on any atom is 0.266 e. The predicted molar refractivity (Wildman–Crippen MR) is 117 cm³/mol. The normalized spacial score (nSPS) is 16.3. The zero-order valence-electron chi connectivity index (χ0n) is 16.0. The third-order valence-corrected chi connectivity index (χ3v) is 5.49. The summed E-state index contributed by atoms with van der Waals surface area (Å²) in [7, 11) is 0. The first-order valence-electron chi connectivity index (χ1n) is 8.81. The number of benzene rings is 2. The van der Waals surface area contributed by atoms with Crippen LogP contribution in [0.5, 0.6) is 5.75 Å². The molecule has 0 aliphatic carbocycles. The molecule has 5 heteroatoms. The minimum Gasteiger partial charge on any atom is -0.488 e. The van der Waals surface area contributed by atoms with Crippen molar-refractivity contribution in [3.8, 4) is 5.75 Å². The molecular formula is C22H23NO2S2. The van der Waals surface area contributed by atoms with E-state index < -0.39 is 0 Å². The molecule has 0 radical (unpaired) electrons. The topological polar surface area (TPSA) is 29.5 Å². The number of ether oxygens (including phenoxy) is 1. The lowest BCUT2D eigenvalue weighted by atomic mass is 10.1. The van der Waals surface area contributed by atoms with Crippen LogP contribution in [-0.4, -0.2) is 20.7 Å². The van der Waals surface area contributed by atoms with E-state index in [9.17, 15) is 4.79 Å². The van der Waals surface area contributed by atoms with E-state index >= 15 is 0 Å². The highest BCUT2D eigenvalue weighted by Gasteiger charge is 2.39. The smallest absolute Gasteiger partial charge is 0.266 e. The summed E-state index contributed by atoms with van der Waals surface area (Å²) in [6, 6.07) is 16.0. The summed E-state index contributed by atoms with van der Waals surface area (Å²) in [5.74, 6) is 0.699. The van der Waals surface area contributed by atoms with Gasteiger partial charge in [0.25, 0.3) is 5.91 Å². The van der Waals surface area contributed by atoms with E-state index in [1.807, 2.05) is 51.1 Å². The van der Waals surface area contributed by atoms with Gasteiger partial charge in [-0.05, 0) is 45.4 Å². The number of carbonyl (C=O) groups excluding carboxylic acids is 1. The van der Waals surface area contributed by atoms with Crippen molar-refractivity contribution in [2.24, 2.45) is 0 Å². The monoisotopic (exact) mass is 397 g/mol. The Morgan fingerprint density at radius 2 is 1.78 bits per heavy atom.